The van der Waals surface area contributed by atoms with E-state index in [1.807, 2.05) is 0 Å². The highest BCUT2D eigenvalue weighted by atomic mass is 16.5. The van der Waals surface area contributed by atoms with Gasteiger partial charge < -0.3 is 10.1 Å². The van der Waals surface area contributed by atoms with E-state index in [0.717, 1.165) is 18.2 Å². The third kappa shape index (κ3) is 3.15. The van der Waals surface area contributed by atoms with Crippen molar-refractivity contribution in [2.75, 3.05) is 19.9 Å². The molecule has 2 N–H and O–H groups in total. The van der Waals surface area contributed by atoms with Gasteiger partial charge in [-0.05, 0) is 24.8 Å². The van der Waals surface area contributed by atoms with Gasteiger partial charge in [0.2, 0.25) is 5.78 Å². The second kappa shape index (κ2) is 5.23. The zero-order valence-electron chi connectivity index (χ0n) is 9.07. The average molecular weight is 224 g/mol. The van der Waals surface area contributed by atoms with Crippen molar-refractivity contribution >= 4 is 12.1 Å². The molecule has 2 aliphatic rings. The van der Waals surface area contributed by atoms with Gasteiger partial charge >= 0.3 is 0 Å². The first kappa shape index (κ1) is 11.3. The molecule has 1 aliphatic heterocycles. The van der Waals surface area contributed by atoms with Crippen LogP contribution in [0.1, 0.15) is 12.8 Å². The number of ether oxygens (including phenoxy) is 1. The average Bonchev–Trinajstić information content (AvgIpc) is 3.12. The van der Waals surface area contributed by atoms with Gasteiger partial charge in [0.1, 0.15) is 0 Å². The zero-order valence-corrected chi connectivity index (χ0v) is 9.07. The predicted octanol–water partition coefficient (Wildman–Crippen LogP) is -0.416. The van der Waals surface area contributed by atoms with Crippen LogP contribution in [0.2, 0.25) is 0 Å². The molecular formula is C11H16N2O3. The highest BCUT2D eigenvalue weighted by Gasteiger charge is 2.22. The third-order valence-corrected chi connectivity index (χ3v) is 2.74. The van der Waals surface area contributed by atoms with Crippen LogP contribution in [0.3, 0.4) is 0 Å². The molecule has 0 saturated heterocycles. The zero-order chi connectivity index (χ0) is 11.4. The van der Waals surface area contributed by atoms with Gasteiger partial charge in [0.15, 0.2) is 6.29 Å². The Morgan fingerprint density at radius 1 is 1.56 bits per heavy atom. The number of carbonyl (C=O) groups excluding carboxylic acids is 2. The monoisotopic (exact) mass is 224 g/mol. The highest BCUT2D eigenvalue weighted by molar-refractivity contribution is 6.28. The van der Waals surface area contributed by atoms with Crippen LogP contribution < -0.4 is 10.6 Å². The van der Waals surface area contributed by atoms with Crippen LogP contribution in [0.25, 0.3) is 0 Å². The molecule has 0 aromatic rings. The highest BCUT2D eigenvalue weighted by Crippen LogP contribution is 2.28. The summed E-state index contributed by atoms with van der Waals surface area (Å²) in [7, 11) is 0. The van der Waals surface area contributed by atoms with Crippen LogP contribution in [0.4, 0.5) is 0 Å². The molecule has 0 aromatic carbocycles. The van der Waals surface area contributed by atoms with E-state index in [2.05, 4.69) is 10.6 Å². The fourth-order valence-electron chi connectivity index (χ4n) is 1.57. The molecule has 88 valence electrons. The summed E-state index contributed by atoms with van der Waals surface area (Å²) in [6.45, 7) is 1.77. The van der Waals surface area contributed by atoms with Crippen molar-refractivity contribution in [1.29, 1.82) is 0 Å². The standard InChI is InChI=1S/C11H16N2O3/c14-4-11(15)10-3-9(12-7-13-10)6-16-5-8-1-2-8/h3-4,8,10,12-13H,1-2,5-7H2. The molecule has 1 heterocycles. The van der Waals surface area contributed by atoms with Gasteiger partial charge in [-0.2, -0.15) is 0 Å². The number of ketones is 1. The van der Waals surface area contributed by atoms with Gasteiger partial charge in [-0.15, -0.1) is 0 Å². The molecule has 2 rings (SSSR count). The van der Waals surface area contributed by atoms with Crippen molar-refractivity contribution in [1.82, 2.24) is 10.6 Å². The van der Waals surface area contributed by atoms with Crippen LogP contribution in [0.15, 0.2) is 11.8 Å². The lowest BCUT2D eigenvalue weighted by Crippen LogP contribution is -2.46. The third-order valence-electron chi connectivity index (χ3n) is 2.74. The van der Waals surface area contributed by atoms with Crippen LogP contribution >= 0.6 is 0 Å². The maximum atomic E-state index is 11.2. The minimum absolute atomic E-state index is 0.349. The molecule has 0 spiro atoms. The van der Waals surface area contributed by atoms with Crippen molar-refractivity contribution < 1.29 is 14.3 Å². The Hall–Kier alpha value is -1.20. The first-order valence-electron chi connectivity index (χ1n) is 5.54. The van der Waals surface area contributed by atoms with E-state index in [1.54, 1.807) is 6.08 Å². The summed E-state index contributed by atoms with van der Waals surface area (Å²) in [4.78, 5) is 21.5. The maximum absolute atomic E-state index is 11.2. The normalized spacial score (nSPS) is 24.5. The number of carbonyl (C=O) groups is 2. The number of aldehydes is 1. The molecule has 1 aliphatic carbocycles. The predicted molar refractivity (Wildman–Crippen MR) is 57.6 cm³/mol. The van der Waals surface area contributed by atoms with Crippen LogP contribution in [-0.2, 0) is 14.3 Å². The lowest BCUT2D eigenvalue weighted by molar-refractivity contribution is -0.130. The first-order chi connectivity index (χ1) is 7.79. The summed E-state index contributed by atoms with van der Waals surface area (Å²) in [5.74, 6) is 0.288. The number of hydrogen-bond acceptors (Lipinski definition) is 5. The second-order valence-corrected chi connectivity index (χ2v) is 4.21. The Morgan fingerprint density at radius 3 is 3.06 bits per heavy atom. The van der Waals surface area contributed by atoms with Gasteiger partial charge in [0.05, 0.1) is 19.3 Å². The largest absolute Gasteiger partial charge is 0.375 e. The maximum Gasteiger partial charge on any atom is 0.216 e. The molecule has 16 heavy (non-hydrogen) atoms. The molecule has 1 fully saturated rings. The van der Waals surface area contributed by atoms with Gasteiger partial charge in [-0.25, -0.2) is 0 Å². The summed E-state index contributed by atoms with van der Waals surface area (Å²) in [6.07, 6.45) is 4.59. The number of Topliss-reactive ketones (excluding diaryl/α,β-unsaturated/α-hetero) is 1. The molecular weight excluding hydrogens is 208 g/mol. The van der Waals surface area contributed by atoms with E-state index in [4.69, 9.17) is 4.74 Å². The van der Waals surface area contributed by atoms with E-state index < -0.39 is 11.8 Å². The fraction of sp³-hybridized carbons (Fsp3) is 0.636. The number of rotatable bonds is 6. The minimum atomic E-state index is -0.502. The van der Waals surface area contributed by atoms with Crippen LogP contribution in [-0.4, -0.2) is 38.0 Å². The van der Waals surface area contributed by atoms with E-state index in [1.165, 1.54) is 12.8 Å². The van der Waals surface area contributed by atoms with E-state index in [-0.39, 0.29) is 0 Å². The summed E-state index contributed by atoms with van der Waals surface area (Å²) in [5.41, 5.74) is 0.875. The summed E-state index contributed by atoms with van der Waals surface area (Å²) in [5, 5.41) is 5.97. The van der Waals surface area contributed by atoms with Crippen LogP contribution in [0, 0.1) is 5.92 Å². The van der Waals surface area contributed by atoms with Gasteiger partial charge in [-0.1, -0.05) is 0 Å². The van der Waals surface area contributed by atoms with Gasteiger partial charge in [0, 0.05) is 12.3 Å². The van der Waals surface area contributed by atoms with E-state index >= 15 is 0 Å². The lowest BCUT2D eigenvalue weighted by atomic mass is 10.1. The molecule has 5 nitrogen and oxygen atoms in total. The van der Waals surface area contributed by atoms with Gasteiger partial charge in [0.25, 0.3) is 0 Å². The minimum Gasteiger partial charge on any atom is -0.375 e. The van der Waals surface area contributed by atoms with Crippen molar-refractivity contribution in [2.45, 2.75) is 18.9 Å². The van der Waals surface area contributed by atoms with E-state index in [0.29, 0.717) is 19.6 Å². The lowest BCUT2D eigenvalue weighted by Gasteiger charge is -2.22. The SMILES string of the molecule is O=CC(=O)C1C=C(COCC2CC2)NCN1. The van der Waals surface area contributed by atoms with Crippen molar-refractivity contribution in [3.63, 3.8) is 0 Å². The van der Waals surface area contributed by atoms with E-state index in [9.17, 15) is 9.59 Å². The Balaban J connectivity index is 1.79. The first-order valence-corrected chi connectivity index (χ1v) is 5.54. The van der Waals surface area contributed by atoms with Crippen molar-refractivity contribution in [2.24, 2.45) is 5.92 Å². The second-order valence-electron chi connectivity index (χ2n) is 4.21. The summed E-state index contributed by atoms with van der Waals surface area (Å²) < 4.78 is 5.50. The van der Waals surface area contributed by atoms with Crippen LogP contribution in [0.5, 0.6) is 0 Å². The summed E-state index contributed by atoms with van der Waals surface area (Å²) >= 11 is 0. The molecule has 0 aromatic heterocycles. The Bertz CT molecular complexity index is 310. The molecule has 5 heteroatoms. The molecule has 1 unspecified atom stereocenters. The molecule has 1 atom stereocenters. The Labute approximate surface area is 94.2 Å². The summed E-state index contributed by atoms with van der Waals surface area (Å²) in [6, 6.07) is -0.502. The van der Waals surface area contributed by atoms with Crippen molar-refractivity contribution in [3.05, 3.63) is 11.8 Å². The smallest absolute Gasteiger partial charge is 0.216 e. The number of nitrogens with one attached hydrogen (secondary N) is 2. The number of hydrogen-bond donors (Lipinski definition) is 2. The molecule has 0 bridgehead atoms. The topological polar surface area (TPSA) is 67.4 Å². The fourth-order valence-corrected chi connectivity index (χ4v) is 1.57. The Morgan fingerprint density at radius 2 is 2.38 bits per heavy atom. The molecule has 0 amide bonds. The quantitative estimate of drug-likeness (QED) is 0.474. The van der Waals surface area contributed by atoms with Crippen molar-refractivity contribution in [3.8, 4) is 0 Å². The van der Waals surface area contributed by atoms with Gasteiger partial charge in [-0.3, -0.25) is 14.9 Å². The Kier molecular flexibility index (Phi) is 3.69. The molecule has 1 saturated carbocycles. The molecule has 0 radical (unpaired) electrons.